The van der Waals surface area contributed by atoms with Gasteiger partial charge < -0.3 is 14.6 Å². The van der Waals surface area contributed by atoms with E-state index in [1.165, 1.54) is 0 Å². The van der Waals surface area contributed by atoms with Crippen molar-refractivity contribution in [2.45, 2.75) is 44.8 Å². The van der Waals surface area contributed by atoms with E-state index in [1.54, 1.807) is 0 Å². The van der Waals surface area contributed by atoms with Crippen LogP contribution in [0.25, 0.3) is 0 Å². The molecular formula is C15H22O3. The molecule has 1 aromatic carbocycles. The van der Waals surface area contributed by atoms with Crippen LogP contribution in [0.15, 0.2) is 24.3 Å². The minimum Gasteiger partial charge on any atom is -0.493 e. The van der Waals surface area contributed by atoms with Gasteiger partial charge in [-0.15, -0.1) is 0 Å². The quantitative estimate of drug-likeness (QED) is 0.893. The molecule has 1 fully saturated rings. The standard InChI is InChI=1S/C15H22O3/c1-3-9-18-14-7-5-4-6-13(14)15(16)8-10-17-12(2)11-15/h4-7,12,16H,3,8-11H2,1-2H3. The van der Waals surface area contributed by atoms with Gasteiger partial charge in [-0.2, -0.15) is 0 Å². The Bertz CT molecular complexity index is 391. The van der Waals surface area contributed by atoms with E-state index in [-0.39, 0.29) is 6.10 Å². The van der Waals surface area contributed by atoms with Crippen molar-refractivity contribution in [3.8, 4) is 5.75 Å². The number of hydrogen-bond donors (Lipinski definition) is 1. The fraction of sp³-hybridized carbons (Fsp3) is 0.600. The van der Waals surface area contributed by atoms with Crippen LogP contribution >= 0.6 is 0 Å². The lowest BCUT2D eigenvalue weighted by molar-refractivity contribution is -0.102. The van der Waals surface area contributed by atoms with Crippen LogP contribution in [0, 0.1) is 0 Å². The number of hydrogen-bond acceptors (Lipinski definition) is 3. The van der Waals surface area contributed by atoms with Crippen molar-refractivity contribution in [2.75, 3.05) is 13.2 Å². The van der Waals surface area contributed by atoms with Gasteiger partial charge in [0.15, 0.2) is 0 Å². The van der Waals surface area contributed by atoms with E-state index in [9.17, 15) is 5.11 Å². The summed E-state index contributed by atoms with van der Waals surface area (Å²) >= 11 is 0. The summed E-state index contributed by atoms with van der Waals surface area (Å²) in [5, 5.41) is 10.8. The first kappa shape index (κ1) is 13.4. The molecule has 1 N–H and O–H groups in total. The minimum absolute atomic E-state index is 0.0861. The summed E-state index contributed by atoms with van der Waals surface area (Å²) in [6.07, 6.45) is 2.30. The molecule has 1 aromatic rings. The molecule has 2 atom stereocenters. The maximum absolute atomic E-state index is 10.8. The molecule has 0 aromatic heterocycles. The molecule has 0 saturated carbocycles. The third-order valence-corrected chi connectivity index (χ3v) is 3.39. The topological polar surface area (TPSA) is 38.7 Å². The summed E-state index contributed by atoms with van der Waals surface area (Å²) in [4.78, 5) is 0. The largest absolute Gasteiger partial charge is 0.493 e. The van der Waals surface area contributed by atoms with Gasteiger partial charge in [0, 0.05) is 18.4 Å². The van der Waals surface area contributed by atoms with Crippen LogP contribution in [0.4, 0.5) is 0 Å². The molecule has 0 bridgehead atoms. The fourth-order valence-corrected chi connectivity index (χ4v) is 2.50. The van der Waals surface area contributed by atoms with E-state index in [2.05, 4.69) is 6.92 Å². The highest BCUT2D eigenvalue weighted by atomic mass is 16.5. The molecule has 18 heavy (non-hydrogen) atoms. The molecule has 1 aliphatic heterocycles. The van der Waals surface area contributed by atoms with Crippen molar-refractivity contribution in [1.82, 2.24) is 0 Å². The molecule has 0 radical (unpaired) electrons. The Morgan fingerprint density at radius 1 is 1.44 bits per heavy atom. The second-order valence-corrected chi connectivity index (χ2v) is 5.01. The zero-order chi connectivity index (χ0) is 13.0. The molecule has 2 unspecified atom stereocenters. The molecule has 0 spiro atoms. The van der Waals surface area contributed by atoms with Gasteiger partial charge in [-0.05, 0) is 19.4 Å². The third-order valence-electron chi connectivity index (χ3n) is 3.39. The predicted octanol–water partition coefficient (Wildman–Crippen LogP) is 2.86. The average Bonchev–Trinajstić information content (AvgIpc) is 2.36. The third kappa shape index (κ3) is 2.85. The molecular weight excluding hydrogens is 228 g/mol. The second-order valence-electron chi connectivity index (χ2n) is 5.01. The van der Waals surface area contributed by atoms with Crippen LogP contribution in [0.3, 0.4) is 0 Å². The molecule has 0 amide bonds. The highest BCUT2D eigenvalue weighted by Gasteiger charge is 2.37. The molecule has 1 heterocycles. The SMILES string of the molecule is CCCOc1ccccc1C1(O)CCOC(C)C1. The van der Waals surface area contributed by atoms with Crippen LogP contribution in [0.1, 0.15) is 38.7 Å². The molecule has 3 nitrogen and oxygen atoms in total. The van der Waals surface area contributed by atoms with E-state index in [4.69, 9.17) is 9.47 Å². The summed E-state index contributed by atoms with van der Waals surface area (Å²) in [6, 6.07) is 7.79. The lowest BCUT2D eigenvalue weighted by Gasteiger charge is -2.36. The van der Waals surface area contributed by atoms with E-state index in [1.807, 2.05) is 31.2 Å². The first-order valence-electron chi connectivity index (χ1n) is 6.72. The Morgan fingerprint density at radius 3 is 2.94 bits per heavy atom. The van der Waals surface area contributed by atoms with Crippen LogP contribution in [-0.4, -0.2) is 24.4 Å². The first-order chi connectivity index (χ1) is 8.65. The zero-order valence-corrected chi connectivity index (χ0v) is 11.2. The van der Waals surface area contributed by atoms with Gasteiger partial charge in [-0.3, -0.25) is 0 Å². The predicted molar refractivity (Wildman–Crippen MR) is 70.8 cm³/mol. The average molecular weight is 250 g/mol. The van der Waals surface area contributed by atoms with Crippen LogP contribution in [0.2, 0.25) is 0 Å². The van der Waals surface area contributed by atoms with Crippen molar-refractivity contribution in [3.63, 3.8) is 0 Å². The molecule has 1 saturated heterocycles. The van der Waals surface area contributed by atoms with Gasteiger partial charge >= 0.3 is 0 Å². The molecule has 100 valence electrons. The van der Waals surface area contributed by atoms with Gasteiger partial charge in [-0.25, -0.2) is 0 Å². The minimum atomic E-state index is -0.817. The maximum Gasteiger partial charge on any atom is 0.125 e. The van der Waals surface area contributed by atoms with Gasteiger partial charge in [0.05, 0.1) is 24.9 Å². The number of para-hydroxylation sites is 1. The molecule has 0 aliphatic carbocycles. The van der Waals surface area contributed by atoms with Crippen molar-refractivity contribution < 1.29 is 14.6 Å². The Balaban J connectivity index is 2.25. The zero-order valence-electron chi connectivity index (χ0n) is 11.2. The van der Waals surface area contributed by atoms with Crippen molar-refractivity contribution >= 4 is 0 Å². The van der Waals surface area contributed by atoms with Crippen molar-refractivity contribution in [1.29, 1.82) is 0 Å². The van der Waals surface area contributed by atoms with Gasteiger partial charge in [-0.1, -0.05) is 25.1 Å². The van der Waals surface area contributed by atoms with Crippen molar-refractivity contribution in [2.24, 2.45) is 0 Å². The Kier molecular flexibility index (Phi) is 4.25. The second kappa shape index (κ2) is 5.72. The number of aliphatic hydroxyl groups is 1. The normalized spacial score (nSPS) is 28.1. The fourth-order valence-electron chi connectivity index (χ4n) is 2.50. The summed E-state index contributed by atoms with van der Waals surface area (Å²) in [6.45, 7) is 5.35. The number of benzene rings is 1. The summed E-state index contributed by atoms with van der Waals surface area (Å²) in [5.41, 5.74) is 0.0794. The van der Waals surface area contributed by atoms with Crippen LogP contribution in [0.5, 0.6) is 5.75 Å². The van der Waals surface area contributed by atoms with Crippen LogP contribution in [-0.2, 0) is 10.3 Å². The first-order valence-corrected chi connectivity index (χ1v) is 6.72. The lowest BCUT2D eigenvalue weighted by Crippen LogP contribution is -2.37. The molecule has 3 heteroatoms. The Labute approximate surface area is 109 Å². The highest BCUT2D eigenvalue weighted by Crippen LogP contribution is 2.39. The highest BCUT2D eigenvalue weighted by molar-refractivity contribution is 5.38. The van der Waals surface area contributed by atoms with E-state index in [0.29, 0.717) is 26.1 Å². The number of ether oxygens (including phenoxy) is 2. The molecule has 2 rings (SSSR count). The van der Waals surface area contributed by atoms with Crippen molar-refractivity contribution in [3.05, 3.63) is 29.8 Å². The molecule has 1 aliphatic rings. The Morgan fingerprint density at radius 2 is 2.22 bits per heavy atom. The summed E-state index contributed by atoms with van der Waals surface area (Å²) in [5.74, 6) is 0.802. The maximum atomic E-state index is 10.8. The monoisotopic (exact) mass is 250 g/mol. The number of rotatable bonds is 4. The van der Waals surface area contributed by atoms with E-state index in [0.717, 1.165) is 17.7 Å². The van der Waals surface area contributed by atoms with Gasteiger partial charge in [0.2, 0.25) is 0 Å². The van der Waals surface area contributed by atoms with Gasteiger partial charge in [0.25, 0.3) is 0 Å². The van der Waals surface area contributed by atoms with E-state index >= 15 is 0 Å². The van der Waals surface area contributed by atoms with Crippen LogP contribution < -0.4 is 4.74 Å². The summed E-state index contributed by atoms with van der Waals surface area (Å²) in [7, 11) is 0. The smallest absolute Gasteiger partial charge is 0.125 e. The summed E-state index contributed by atoms with van der Waals surface area (Å²) < 4.78 is 11.3. The van der Waals surface area contributed by atoms with E-state index < -0.39 is 5.60 Å². The Hall–Kier alpha value is -1.06. The lowest BCUT2D eigenvalue weighted by atomic mass is 9.83. The van der Waals surface area contributed by atoms with Gasteiger partial charge in [0.1, 0.15) is 5.75 Å².